The number of benzene rings is 1. The van der Waals surface area contributed by atoms with Gasteiger partial charge in [-0.3, -0.25) is 4.40 Å². The van der Waals surface area contributed by atoms with Crippen LogP contribution in [-0.4, -0.2) is 21.6 Å². The van der Waals surface area contributed by atoms with E-state index in [4.69, 9.17) is 21.4 Å². The zero-order valence-corrected chi connectivity index (χ0v) is 15.9. The number of aryl methyl sites for hydroxylation is 1. The number of hydrogen-bond donors (Lipinski definition) is 0. The van der Waals surface area contributed by atoms with Gasteiger partial charge in [-0.15, -0.1) is 11.3 Å². The zero-order chi connectivity index (χ0) is 18.8. The molecule has 0 saturated carbocycles. The summed E-state index contributed by atoms with van der Waals surface area (Å²) in [5, 5.41) is 6.36. The second-order valence-corrected chi connectivity index (χ2v) is 7.21. The molecule has 0 amide bonds. The van der Waals surface area contributed by atoms with Crippen molar-refractivity contribution < 1.29 is 9.63 Å². The molecule has 0 fully saturated rings. The second kappa shape index (κ2) is 7.34. The number of fused-ring (bicyclic) bond motifs is 1. The van der Waals surface area contributed by atoms with Gasteiger partial charge in [0.05, 0.1) is 17.6 Å². The van der Waals surface area contributed by atoms with Crippen molar-refractivity contribution in [1.82, 2.24) is 9.38 Å². The molecular weight excluding hydrogens is 382 g/mol. The minimum absolute atomic E-state index is 0.487. The number of hydrogen-bond acceptors (Lipinski definition) is 5. The zero-order valence-electron chi connectivity index (χ0n) is 14.3. The van der Waals surface area contributed by atoms with Crippen molar-refractivity contribution in [3.8, 4) is 11.3 Å². The third kappa shape index (κ3) is 3.49. The Kier molecular flexibility index (Phi) is 4.75. The molecule has 0 unspecified atom stereocenters. The lowest BCUT2D eigenvalue weighted by molar-refractivity contribution is 0.0525. The van der Waals surface area contributed by atoms with Crippen LogP contribution in [0, 0.1) is 6.92 Å². The van der Waals surface area contributed by atoms with Crippen LogP contribution in [0.2, 0.25) is 5.02 Å². The summed E-state index contributed by atoms with van der Waals surface area (Å²) in [6, 6.07) is 14.8. The minimum atomic E-state index is -0.487. The van der Waals surface area contributed by atoms with E-state index in [0.717, 1.165) is 28.2 Å². The molecule has 27 heavy (non-hydrogen) atoms. The molecule has 0 N–H and O–H groups in total. The highest BCUT2D eigenvalue weighted by atomic mass is 35.5. The standard InChI is InChI=1S/C20H14ClN3O2S/c1-13-4-2-10-24-16(12-22-26-20(25)17-5-3-11-27-17)18(23-19(13)24)14-6-8-15(21)9-7-14/h2-12H,1H3. The molecule has 0 aliphatic carbocycles. The number of rotatable bonds is 4. The number of aromatic nitrogens is 2. The first-order valence-electron chi connectivity index (χ1n) is 8.15. The Morgan fingerprint density at radius 2 is 2.04 bits per heavy atom. The van der Waals surface area contributed by atoms with E-state index in [-0.39, 0.29) is 0 Å². The van der Waals surface area contributed by atoms with Crippen molar-refractivity contribution in [3.05, 3.63) is 81.3 Å². The van der Waals surface area contributed by atoms with Gasteiger partial charge in [0.1, 0.15) is 10.5 Å². The number of thiophene rings is 1. The molecule has 0 spiro atoms. The van der Waals surface area contributed by atoms with Crippen LogP contribution >= 0.6 is 22.9 Å². The second-order valence-electron chi connectivity index (χ2n) is 5.83. The Morgan fingerprint density at radius 1 is 1.22 bits per heavy atom. The first-order valence-corrected chi connectivity index (χ1v) is 9.41. The molecule has 0 aliphatic rings. The number of carbonyl (C=O) groups is 1. The van der Waals surface area contributed by atoms with Gasteiger partial charge in [0.25, 0.3) is 0 Å². The van der Waals surface area contributed by atoms with Crippen molar-refractivity contribution in [1.29, 1.82) is 0 Å². The van der Waals surface area contributed by atoms with Crippen LogP contribution in [0.4, 0.5) is 0 Å². The first-order chi connectivity index (χ1) is 13.1. The summed E-state index contributed by atoms with van der Waals surface area (Å²) < 4.78 is 1.92. The van der Waals surface area contributed by atoms with Crippen LogP contribution in [0.5, 0.6) is 0 Å². The predicted octanol–water partition coefficient (Wildman–Crippen LogP) is 5.22. The van der Waals surface area contributed by atoms with Crippen LogP contribution in [0.1, 0.15) is 20.9 Å². The summed E-state index contributed by atoms with van der Waals surface area (Å²) in [4.78, 5) is 22.3. The van der Waals surface area contributed by atoms with Gasteiger partial charge in [-0.2, -0.15) is 0 Å². The molecule has 1 aromatic carbocycles. The van der Waals surface area contributed by atoms with Gasteiger partial charge < -0.3 is 4.84 Å². The highest BCUT2D eigenvalue weighted by Gasteiger charge is 2.14. The van der Waals surface area contributed by atoms with E-state index in [0.29, 0.717) is 9.90 Å². The van der Waals surface area contributed by atoms with E-state index in [1.165, 1.54) is 17.6 Å². The summed E-state index contributed by atoms with van der Waals surface area (Å²) >= 11 is 7.31. The lowest BCUT2D eigenvalue weighted by Gasteiger charge is -2.01. The van der Waals surface area contributed by atoms with Crippen LogP contribution in [-0.2, 0) is 4.84 Å². The molecule has 4 rings (SSSR count). The molecule has 3 aromatic heterocycles. The smallest absolute Gasteiger partial charge is 0.312 e. The van der Waals surface area contributed by atoms with Crippen molar-refractivity contribution >= 4 is 40.8 Å². The number of carbonyl (C=O) groups excluding carboxylic acids is 1. The number of nitrogens with zero attached hydrogens (tertiary/aromatic N) is 3. The summed E-state index contributed by atoms with van der Waals surface area (Å²) in [6.45, 7) is 1.99. The Balaban J connectivity index is 1.74. The van der Waals surface area contributed by atoms with Crippen LogP contribution < -0.4 is 0 Å². The molecule has 7 heteroatoms. The Morgan fingerprint density at radius 3 is 2.78 bits per heavy atom. The predicted molar refractivity (Wildman–Crippen MR) is 108 cm³/mol. The van der Waals surface area contributed by atoms with E-state index in [1.54, 1.807) is 12.1 Å². The molecule has 0 saturated heterocycles. The van der Waals surface area contributed by atoms with Gasteiger partial charge in [0.2, 0.25) is 0 Å². The van der Waals surface area contributed by atoms with Gasteiger partial charge in [0.15, 0.2) is 0 Å². The molecule has 3 heterocycles. The number of oxime groups is 1. The molecule has 0 aliphatic heterocycles. The quantitative estimate of drug-likeness (QED) is 0.270. The van der Waals surface area contributed by atoms with Crippen LogP contribution in [0.3, 0.4) is 0 Å². The maximum absolute atomic E-state index is 12.0. The van der Waals surface area contributed by atoms with E-state index in [1.807, 2.05) is 59.3 Å². The van der Waals surface area contributed by atoms with E-state index < -0.39 is 5.97 Å². The fourth-order valence-electron chi connectivity index (χ4n) is 2.73. The van der Waals surface area contributed by atoms with Gasteiger partial charge in [-0.05, 0) is 42.1 Å². The fourth-order valence-corrected chi connectivity index (χ4v) is 3.45. The van der Waals surface area contributed by atoms with E-state index >= 15 is 0 Å². The molecule has 0 bridgehead atoms. The lowest BCUT2D eigenvalue weighted by atomic mass is 10.1. The van der Waals surface area contributed by atoms with Gasteiger partial charge in [-0.1, -0.05) is 41.0 Å². The molecular formula is C20H14ClN3O2S. The normalized spacial score (nSPS) is 11.3. The fraction of sp³-hybridized carbons (Fsp3) is 0.0500. The summed E-state index contributed by atoms with van der Waals surface area (Å²) in [6.07, 6.45) is 3.41. The average Bonchev–Trinajstić information content (AvgIpc) is 3.32. The monoisotopic (exact) mass is 395 g/mol. The SMILES string of the molecule is Cc1cccn2c(C=NOC(=O)c3cccs3)c(-c3ccc(Cl)cc3)nc12. The Hall–Kier alpha value is -2.96. The highest BCUT2D eigenvalue weighted by molar-refractivity contribution is 7.11. The maximum Gasteiger partial charge on any atom is 0.375 e. The summed E-state index contributed by atoms with van der Waals surface area (Å²) in [7, 11) is 0. The summed E-state index contributed by atoms with van der Waals surface area (Å²) in [5.74, 6) is -0.487. The molecule has 5 nitrogen and oxygen atoms in total. The largest absolute Gasteiger partial charge is 0.375 e. The Bertz CT molecular complexity index is 1130. The highest BCUT2D eigenvalue weighted by Crippen LogP contribution is 2.26. The van der Waals surface area contributed by atoms with Crippen LogP contribution in [0.15, 0.2) is 65.3 Å². The van der Waals surface area contributed by atoms with Crippen molar-refractivity contribution in [2.45, 2.75) is 6.92 Å². The van der Waals surface area contributed by atoms with Gasteiger partial charge in [-0.25, -0.2) is 9.78 Å². The number of imidazole rings is 1. The van der Waals surface area contributed by atoms with Gasteiger partial charge in [0, 0.05) is 16.8 Å². The van der Waals surface area contributed by atoms with Crippen molar-refractivity contribution in [2.24, 2.45) is 5.16 Å². The molecule has 134 valence electrons. The molecule has 0 radical (unpaired) electrons. The summed E-state index contributed by atoms with van der Waals surface area (Å²) in [5.41, 5.74) is 4.19. The maximum atomic E-state index is 12.0. The van der Waals surface area contributed by atoms with Crippen molar-refractivity contribution in [2.75, 3.05) is 0 Å². The van der Waals surface area contributed by atoms with E-state index in [2.05, 4.69) is 5.16 Å². The lowest BCUT2D eigenvalue weighted by Crippen LogP contribution is -1.99. The number of halogens is 1. The average molecular weight is 396 g/mol. The van der Waals surface area contributed by atoms with Gasteiger partial charge >= 0.3 is 5.97 Å². The third-order valence-corrected chi connectivity index (χ3v) is 5.13. The van der Waals surface area contributed by atoms with E-state index in [9.17, 15) is 4.79 Å². The minimum Gasteiger partial charge on any atom is -0.312 e. The van der Waals surface area contributed by atoms with Crippen molar-refractivity contribution in [3.63, 3.8) is 0 Å². The molecule has 0 atom stereocenters. The first kappa shape index (κ1) is 17.5. The number of pyridine rings is 1. The van der Waals surface area contributed by atoms with Crippen LogP contribution in [0.25, 0.3) is 16.9 Å². The topological polar surface area (TPSA) is 56.0 Å². The Labute approximate surface area is 164 Å². The molecule has 4 aromatic rings. The third-order valence-electron chi connectivity index (χ3n) is 4.03.